The number of nitrogens with zero attached hydrogens (tertiary/aromatic N) is 2. The third-order valence-corrected chi connectivity index (χ3v) is 6.35. The first-order valence-electron chi connectivity index (χ1n) is 8.81. The van der Waals surface area contributed by atoms with Crippen molar-refractivity contribution in [1.82, 2.24) is 9.80 Å². The van der Waals surface area contributed by atoms with Crippen LogP contribution in [0.3, 0.4) is 0 Å². The molecule has 2 saturated heterocycles. The van der Waals surface area contributed by atoms with Gasteiger partial charge in [-0.15, -0.1) is 11.8 Å². The van der Waals surface area contributed by atoms with Crippen LogP contribution in [0.2, 0.25) is 0 Å². The average Bonchev–Trinajstić information content (AvgIpc) is 3.10. The van der Waals surface area contributed by atoms with Crippen LogP contribution in [0.15, 0.2) is 18.2 Å². The molecule has 3 aliphatic heterocycles. The van der Waals surface area contributed by atoms with Crippen LogP contribution >= 0.6 is 11.8 Å². The first-order valence-corrected chi connectivity index (χ1v) is 9.86. The van der Waals surface area contributed by atoms with Gasteiger partial charge in [0.25, 0.3) is 0 Å². The molecule has 3 aliphatic rings. The lowest BCUT2D eigenvalue weighted by molar-refractivity contribution is -0.132. The maximum absolute atomic E-state index is 12.6. The van der Waals surface area contributed by atoms with E-state index in [4.69, 9.17) is 9.47 Å². The predicted octanol–water partition coefficient (Wildman–Crippen LogP) is 2.35. The number of carbonyl (C=O) groups excluding carboxylic acids is 1. The van der Waals surface area contributed by atoms with Crippen molar-refractivity contribution in [3.63, 3.8) is 0 Å². The number of hydrogen-bond donors (Lipinski definition) is 0. The quantitative estimate of drug-likeness (QED) is 0.839. The van der Waals surface area contributed by atoms with Crippen molar-refractivity contribution in [2.75, 3.05) is 38.7 Å². The largest absolute Gasteiger partial charge is 0.454 e. The molecule has 0 aliphatic carbocycles. The van der Waals surface area contributed by atoms with Crippen LogP contribution in [-0.2, 0) is 11.3 Å². The summed E-state index contributed by atoms with van der Waals surface area (Å²) in [7, 11) is 0. The summed E-state index contributed by atoms with van der Waals surface area (Å²) in [6.07, 6.45) is 3.52. The van der Waals surface area contributed by atoms with Gasteiger partial charge in [0.2, 0.25) is 12.7 Å². The standard InChI is InChI=1S/C18H24N2O3S/c21-18(17-3-1-2-10-24-17)20-8-6-19(7-9-20)12-14-4-5-15-16(11-14)23-13-22-15/h4-5,11,17H,1-3,6-10,12-13H2. The maximum Gasteiger partial charge on any atom is 0.235 e. The summed E-state index contributed by atoms with van der Waals surface area (Å²) in [5, 5.41) is 0.208. The van der Waals surface area contributed by atoms with E-state index in [0.29, 0.717) is 12.7 Å². The van der Waals surface area contributed by atoms with Crippen molar-refractivity contribution in [3.05, 3.63) is 23.8 Å². The number of fused-ring (bicyclic) bond motifs is 1. The van der Waals surface area contributed by atoms with E-state index in [1.165, 1.54) is 18.4 Å². The number of benzene rings is 1. The van der Waals surface area contributed by atoms with Crippen LogP contribution in [-0.4, -0.2) is 59.7 Å². The fourth-order valence-electron chi connectivity index (χ4n) is 3.56. The Balaban J connectivity index is 1.29. The summed E-state index contributed by atoms with van der Waals surface area (Å²) in [6.45, 7) is 4.80. The first kappa shape index (κ1) is 16.1. The summed E-state index contributed by atoms with van der Waals surface area (Å²) in [6, 6.07) is 6.15. The molecule has 5 nitrogen and oxygen atoms in total. The Kier molecular flexibility index (Phi) is 4.85. The van der Waals surface area contributed by atoms with E-state index in [2.05, 4.69) is 21.9 Å². The normalized spacial score (nSPS) is 24.2. The lowest BCUT2D eigenvalue weighted by Gasteiger charge is -2.37. The zero-order valence-electron chi connectivity index (χ0n) is 13.9. The molecule has 1 aromatic rings. The smallest absolute Gasteiger partial charge is 0.235 e. The summed E-state index contributed by atoms with van der Waals surface area (Å²) in [4.78, 5) is 17.1. The summed E-state index contributed by atoms with van der Waals surface area (Å²) < 4.78 is 10.8. The molecule has 130 valence electrons. The molecule has 0 aromatic heterocycles. The second kappa shape index (κ2) is 7.23. The molecule has 6 heteroatoms. The molecule has 3 heterocycles. The van der Waals surface area contributed by atoms with E-state index < -0.39 is 0 Å². The molecule has 0 spiro atoms. The van der Waals surface area contributed by atoms with Gasteiger partial charge in [-0.05, 0) is 36.3 Å². The number of carbonyl (C=O) groups is 1. The van der Waals surface area contributed by atoms with Crippen molar-refractivity contribution in [2.24, 2.45) is 0 Å². The number of amides is 1. The van der Waals surface area contributed by atoms with Crippen LogP contribution in [0.4, 0.5) is 0 Å². The van der Waals surface area contributed by atoms with Gasteiger partial charge >= 0.3 is 0 Å². The number of thioether (sulfide) groups is 1. The molecular weight excluding hydrogens is 324 g/mol. The molecule has 0 N–H and O–H groups in total. The molecule has 2 fully saturated rings. The predicted molar refractivity (Wildman–Crippen MR) is 94.5 cm³/mol. The lowest BCUT2D eigenvalue weighted by Crippen LogP contribution is -2.50. The van der Waals surface area contributed by atoms with Crippen molar-refractivity contribution in [2.45, 2.75) is 31.1 Å². The van der Waals surface area contributed by atoms with Crippen molar-refractivity contribution < 1.29 is 14.3 Å². The van der Waals surface area contributed by atoms with Crippen molar-refractivity contribution in [1.29, 1.82) is 0 Å². The number of ether oxygens (including phenoxy) is 2. The Bertz CT molecular complexity index is 596. The summed E-state index contributed by atoms with van der Waals surface area (Å²) in [5.41, 5.74) is 1.24. The third-order valence-electron chi connectivity index (χ3n) is 4.98. The van der Waals surface area contributed by atoms with Gasteiger partial charge in [0.05, 0.1) is 5.25 Å². The van der Waals surface area contributed by atoms with Crippen LogP contribution in [0.5, 0.6) is 11.5 Å². The number of rotatable bonds is 3. The highest BCUT2D eigenvalue weighted by Crippen LogP contribution is 2.33. The van der Waals surface area contributed by atoms with Crippen molar-refractivity contribution >= 4 is 17.7 Å². The second-order valence-corrected chi connectivity index (χ2v) is 7.95. The van der Waals surface area contributed by atoms with Gasteiger partial charge < -0.3 is 14.4 Å². The average molecular weight is 348 g/mol. The van der Waals surface area contributed by atoms with Crippen LogP contribution in [0.25, 0.3) is 0 Å². The van der Waals surface area contributed by atoms with E-state index in [1.807, 2.05) is 17.8 Å². The van der Waals surface area contributed by atoms with Crippen LogP contribution in [0, 0.1) is 0 Å². The van der Waals surface area contributed by atoms with E-state index >= 15 is 0 Å². The molecule has 1 aromatic carbocycles. The van der Waals surface area contributed by atoms with Gasteiger partial charge in [-0.3, -0.25) is 9.69 Å². The van der Waals surface area contributed by atoms with Gasteiger partial charge in [-0.2, -0.15) is 0 Å². The highest BCUT2D eigenvalue weighted by atomic mass is 32.2. The minimum atomic E-state index is 0.208. The molecule has 0 saturated carbocycles. The fourth-order valence-corrected chi connectivity index (χ4v) is 4.84. The van der Waals surface area contributed by atoms with Gasteiger partial charge in [0, 0.05) is 32.7 Å². The highest BCUT2D eigenvalue weighted by molar-refractivity contribution is 8.00. The summed E-state index contributed by atoms with van der Waals surface area (Å²) in [5.74, 6) is 3.18. The third kappa shape index (κ3) is 3.49. The minimum Gasteiger partial charge on any atom is -0.454 e. The number of hydrogen-bond acceptors (Lipinski definition) is 5. The van der Waals surface area contributed by atoms with E-state index in [0.717, 1.165) is 56.4 Å². The fraction of sp³-hybridized carbons (Fsp3) is 0.611. The van der Waals surface area contributed by atoms with Crippen LogP contribution < -0.4 is 9.47 Å². The van der Waals surface area contributed by atoms with E-state index in [-0.39, 0.29) is 5.25 Å². The monoisotopic (exact) mass is 348 g/mol. The SMILES string of the molecule is O=C(C1CCCCS1)N1CCN(Cc2ccc3c(c2)OCO3)CC1. The topological polar surface area (TPSA) is 42.0 Å². The molecule has 24 heavy (non-hydrogen) atoms. The van der Waals surface area contributed by atoms with E-state index in [9.17, 15) is 4.79 Å². The molecule has 1 unspecified atom stereocenters. The molecule has 1 atom stereocenters. The van der Waals surface area contributed by atoms with Crippen LogP contribution in [0.1, 0.15) is 24.8 Å². The number of piperazine rings is 1. The Morgan fingerprint density at radius 3 is 2.75 bits per heavy atom. The molecule has 4 rings (SSSR count). The van der Waals surface area contributed by atoms with E-state index in [1.54, 1.807) is 0 Å². The Morgan fingerprint density at radius 1 is 1.12 bits per heavy atom. The Hall–Kier alpha value is -1.40. The minimum absolute atomic E-state index is 0.208. The van der Waals surface area contributed by atoms with Gasteiger partial charge in [-0.1, -0.05) is 12.5 Å². The Labute approximate surface area is 147 Å². The van der Waals surface area contributed by atoms with Gasteiger partial charge in [0.1, 0.15) is 0 Å². The molecule has 0 radical (unpaired) electrons. The molecule has 1 amide bonds. The highest BCUT2D eigenvalue weighted by Gasteiger charge is 2.29. The summed E-state index contributed by atoms with van der Waals surface area (Å²) >= 11 is 1.85. The van der Waals surface area contributed by atoms with Crippen molar-refractivity contribution in [3.8, 4) is 11.5 Å². The molecule has 0 bridgehead atoms. The van der Waals surface area contributed by atoms with Gasteiger partial charge in [0.15, 0.2) is 11.5 Å². The first-order chi connectivity index (χ1) is 11.8. The second-order valence-electron chi connectivity index (χ2n) is 6.64. The Morgan fingerprint density at radius 2 is 1.96 bits per heavy atom. The maximum atomic E-state index is 12.6. The zero-order chi connectivity index (χ0) is 16.4. The molecular formula is C18H24N2O3S. The lowest BCUT2D eigenvalue weighted by atomic mass is 10.1. The van der Waals surface area contributed by atoms with Gasteiger partial charge in [-0.25, -0.2) is 0 Å². The zero-order valence-corrected chi connectivity index (χ0v) is 14.7.